The van der Waals surface area contributed by atoms with Crippen molar-refractivity contribution in [2.45, 2.75) is 6.54 Å². The zero-order valence-electron chi connectivity index (χ0n) is 12.2. The van der Waals surface area contributed by atoms with Gasteiger partial charge in [-0.2, -0.15) is 5.10 Å². The van der Waals surface area contributed by atoms with Crippen molar-refractivity contribution in [1.82, 2.24) is 19.7 Å². The maximum absolute atomic E-state index is 6.32. The van der Waals surface area contributed by atoms with Gasteiger partial charge in [-0.25, -0.2) is 14.6 Å². The molecular weight excluding hydrogens is 308 g/mol. The first kappa shape index (κ1) is 13.9. The van der Waals surface area contributed by atoms with Crippen LogP contribution in [0.3, 0.4) is 0 Å². The van der Waals surface area contributed by atoms with Crippen LogP contribution in [-0.4, -0.2) is 19.7 Å². The van der Waals surface area contributed by atoms with E-state index in [9.17, 15) is 0 Å². The highest BCUT2D eigenvalue weighted by Gasteiger charge is 2.17. The average molecular weight is 321 g/mol. The standard InChI is InChI=1S/C18H13ClN4/c19-17-15-16(14-9-5-2-6-10-14)22-23(18(15)21-12-20-17)11-13-7-3-1-4-8-13/h1-10,12H,11H2. The van der Waals surface area contributed by atoms with Crippen LogP contribution < -0.4 is 0 Å². The number of halogens is 1. The number of hydrogen-bond donors (Lipinski definition) is 0. The molecule has 0 amide bonds. The minimum Gasteiger partial charge on any atom is -0.242 e. The zero-order chi connectivity index (χ0) is 15.6. The van der Waals surface area contributed by atoms with E-state index in [1.54, 1.807) is 0 Å². The number of nitrogens with zero attached hydrogens (tertiary/aromatic N) is 4. The molecule has 112 valence electrons. The molecule has 2 aromatic heterocycles. The monoisotopic (exact) mass is 320 g/mol. The highest BCUT2D eigenvalue weighted by molar-refractivity contribution is 6.35. The van der Waals surface area contributed by atoms with Gasteiger partial charge in [-0.3, -0.25) is 0 Å². The normalized spacial score (nSPS) is 11.0. The predicted octanol–water partition coefficient (Wildman–Crippen LogP) is 4.20. The van der Waals surface area contributed by atoms with Crippen LogP contribution in [0, 0.1) is 0 Å². The zero-order valence-corrected chi connectivity index (χ0v) is 13.0. The number of fused-ring (bicyclic) bond motifs is 1. The Morgan fingerprint density at radius 3 is 2.30 bits per heavy atom. The van der Waals surface area contributed by atoms with E-state index in [-0.39, 0.29) is 0 Å². The third kappa shape index (κ3) is 2.58. The maximum atomic E-state index is 6.32. The Labute approximate surface area is 138 Å². The molecule has 23 heavy (non-hydrogen) atoms. The Balaban J connectivity index is 1.91. The molecule has 2 heterocycles. The Hall–Kier alpha value is -2.72. The van der Waals surface area contributed by atoms with Gasteiger partial charge in [0.05, 0.1) is 11.9 Å². The van der Waals surface area contributed by atoms with E-state index in [0.29, 0.717) is 11.7 Å². The van der Waals surface area contributed by atoms with Gasteiger partial charge in [-0.1, -0.05) is 72.3 Å². The van der Waals surface area contributed by atoms with Crippen LogP contribution in [0.15, 0.2) is 67.0 Å². The van der Waals surface area contributed by atoms with E-state index < -0.39 is 0 Å². The van der Waals surface area contributed by atoms with Gasteiger partial charge in [0.15, 0.2) is 5.65 Å². The summed E-state index contributed by atoms with van der Waals surface area (Å²) in [5.41, 5.74) is 3.71. The fourth-order valence-electron chi connectivity index (χ4n) is 2.64. The average Bonchev–Trinajstić information content (AvgIpc) is 2.97. The predicted molar refractivity (Wildman–Crippen MR) is 91.3 cm³/mol. The van der Waals surface area contributed by atoms with Gasteiger partial charge >= 0.3 is 0 Å². The molecule has 4 aromatic rings. The third-order valence-corrected chi connectivity index (χ3v) is 3.99. The lowest BCUT2D eigenvalue weighted by atomic mass is 10.1. The summed E-state index contributed by atoms with van der Waals surface area (Å²) in [4.78, 5) is 8.50. The summed E-state index contributed by atoms with van der Waals surface area (Å²) in [6.45, 7) is 0.636. The minimum atomic E-state index is 0.424. The molecule has 0 saturated carbocycles. The molecule has 0 saturated heterocycles. The van der Waals surface area contributed by atoms with Gasteiger partial charge in [0.2, 0.25) is 0 Å². The molecule has 0 fully saturated rings. The topological polar surface area (TPSA) is 43.6 Å². The molecule has 0 radical (unpaired) electrons. The molecule has 0 N–H and O–H groups in total. The van der Waals surface area contributed by atoms with E-state index in [4.69, 9.17) is 16.7 Å². The molecule has 0 spiro atoms. The van der Waals surface area contributed by atoms with Gasteiger partial charge in [-0.15, -0.1) is 0 Å². The maximum Gasteiger partial charge on any atom is 0.163 e. The van der Waals surface area contributed by atoms with Crippen molar-refractivity contribution < 1.29 is 0 Å². The smallest absolute Gasteiger partial charge is 0.163 e. The van der Waals surface area contributed by atoms with E-state index in [0.717, 1.165) is 27.9 Å². The Bertz CT molecular complexity index is 949. The van der Waals surface area contributed by atoms with Crippen LogP contribution in [0.1, 0.15) is 5.56 Å². The summed E-state index contributed by atoms with van der Waals surface area (Å²) in [5, 5.41) is 5.96. The fraction of sp³-hybridized carbons (Fsp3) is 0.0556. The lowest BCUT2D eigenvalue weighted by Gasteiger charge is -2.02. The quantitative estimate of drug-likeness (QED) is 0.531. The molecule has 5 heteroatoms. The van der Waals surface area contributed by atoms with E-state index in [1.165, 1.54) is 6.33 Å². The second-order valence-electron chi connectivity index (χ2n) is 5.22. The summed E-state index contributed by atoms with van der Waals surface area (Å²) in [5.74, 6) is 0. The second kappa shape index (κ2) is 5.82. The van der Waals surface area contributed by atoms with Crippen LogP contribution in [0.2, 0.25) is 5.15 Å². The van der Waals surface area contributed by atoms with Crippen molar-refractivity contribution in [3.63, 3.8) is 0 Å². The number of hydrogen-bond acceptors (Lipinski definition) is 3. The van der Waals surface area contributed by atoms with Crippen LogP contribution in [0.4, 0.5) is 0 Å². The van der Waals surface area contributed by atoms with Gasteiger partial charge < -0.3 is 0 Å². The molecule has 0 unspecified atom stereocenters. The van der Waals surface area contributed by atoms with Crippen molar-refractivity contribution in [1.29, 1.82) is 0 Å². The Morgan fingerprint density at radius 2 is 1.57 bits per heavy atom. The molecule has 0 aliphatic heterocycles. The summed E-state index contributed by atoms with van der Waals surface area (Å²) in [6, 6.07) is 20.1. The molecule has 4 rings (SSSR count). The lowest BCUT2D eigenvalue weighted by Crippen LogP contribution is -2.02. The van der Waals surface area contributed by atoms with E-state index in [1.807, 2.05) is 53.2 Å². The molecule has 0 aliphatic rings. The van der Waals surface area contributed by atoms with Crippen LogP contribution in [-0.2, 0) is 6.54 Å². The number of aromatic nitrogens is 4. The van der Waals surface area contributed by atoms with Crippen molar-refractivity contribution in [2.75, 3.05) is 0 Å². The van der Waals surface area contributed by atoms with Gasteiger partial charge in [0.25, 0.3) is 0 Å². The fourth-order valence-corrected chi connectivity index (χ4v) is 2.86. The first-order valence-corrected chi connectivity index (χ1v) is 7.67. The largest absolute Gasteiger partial charge is 0.242 e. The molecule has 2 aromatic carbocycles. The SMILES string of the molecule is Clc1ncnc2c1c(-c1ccccc1)nn2Cc1ccccc1. The van der Waals surface area contributed by atoms with Gasteiger partial charge in [0, 0.05) is 5.56 Å². The summed E-state index contributed by atoms with van der Waals surface area (Å²) < 4.78 is 1.88. The molecule has 0 aliphatic carbocycles. The van der Waals surface area contributed by atoms with E-state index >= 15 is 0 Å². The molecule has 4 nitrogen and oxygen atoms in total. The van der Waals surface area contributed by atoms with Crippen LogP contribution in [0.5, 0.6) is 0 Å². The Morgan fingerprint density at radius 1 is 0.870 bits per heavy atom. The van der Waals surface area contributed by atoms with Crippen molar-refractivity contribution in [3.8, 4) is 11.3 Å². The van der Waals surface area contributed by atoms with Crippen molar-refractivity contribution in [2.24, 2.45) is 0 Å². The minimum absolute atomic E-state index is 0.424. The summed E-state index contributed by atoms with van der Waals surface area (Å²) in [6.07, 6.45) is 1.47. The van der Waals surface area contributed by atoms with E-state index in [2.05, 4.69) is 22.1 Å². The summed E-state index contributed by atoms with van der Waals surface area (Å²) >= 11 is 6.32. The van der Waals surface area contributed by atoms with Gasteiger partial charge in [0.1, 0.15) is 17.2 Å². The first-order valence-electron chi connectivity index (χ1n) is 7.29. The third-order valence-electron chi connectivity index (χ3n) is 3.71. The second-order valence-corrected chi connectivity index (χ2v) is 5.58. The highest BCUT2D eigenvalue weighted by atomic mass is 35.5. The Kier molecular flexibility index (Phi) is 3.52. The first-order chi connectivity index (χ1) is 11.3. The molecule has 0 atom stereocenters. The van der Waals surface area contributed by atoms with Crippen molar-refractivity contribution in [3.05, 3.63) is 77.7 Å². The lowest BCUT2D eigenvalue weighted by molar-refractivity contribution is 0.706. The number of benzene rings is 2. The van der Waals surface area contributed by atoms with Crippen LogP contribution in [0.25, 0.3) is 22.3 Å². The van der Waals surface area contributed by atoms with Crippen molar-refractivity contribution >= 4 is 22.6 Å². The van der Waals surface area contributed by atoms with Crippen LogP contribution >= 0.6 is 11.6 Å². The summed E-state index contributed by atoms with van der Waals surface area (Å²) in [7, 11) is 0. The molecular formula is C18H13ClN4. The number of rotatable bonds is 3. The molecule has 0 bridgehead atoms. The van der Waals surface area contributed by atoms with Gasteiger partial charge in [-0.05, 0) is 5.56 Å². The highest BCUT2D eigenvalue weighted by Crippen LogP contribution is 2.31.